The van der Waals surface area contributed by atoms with Crippen molar-refractivity contribution < 1.29 is 23.9 Å². The first-order chi connectivity index (χ1) is 15.4. The Labute approximate surface area is 187 Å². The van der Waals surface area contributed by atoms with Crippen molar-refractivity contribution in [3.8, 4) is 11.5 Å². The summed E-state index contributed by atoms with van der Waals surface area (Å²) in [5.41, 5.74) is 3.54. The van der Waals surface area contributed by atoms with E-state index in [0.29, 0.717) is 47.7 Å². The van der Waals surface area contributed by atoms with Gasteiger partial charge in [0.05, 0.1) is 14.2 Å². The maximum absolute atomic E-state index is 13.4. The van der Waals surface area contributed by atoms with Gasteiger partial charge in [-0.2, -0.15) is 0 Å². The molecule has 0 spiro atoms. The Bertz CT molecular complexity index is 1100. The minimum Gasteiger partial charge on any atom is -0.493 e. The molecule has 0 radical (unpaired) electrons. The summed E-state index contributed by atoms with van der Waals surface area (Å²) in [5, 5.41) is 2.73. The highest BCUT2D eigenvalue weighted by molar-refractivity contribution is 6.07. The van der Waals surface area contributed by atoms with E-state index in [1.54, 1.807) is 49.5 Å². The van der Waals surface area contributed by atoms with Crippen LogP contribution < -0.4 is 19.7 Å². The molecule has 1 unspecified atom stereocenters. The van der Waals surface area contributed by atoms with Crippen LogP contribution in [-0.4, -0.2) is 31.8 Å². The van der Waals surface area contributed by atoms with Gasteiger partial charge in [0.15, 0.2) is 17.3 Å². The van der Waals surface area contributed by atoms with E-state index in [2.05, 4.69) is 5.32 Å². The van der Waals surface area contributed by atoms with Crippen molar-refractivity contribution >= 4 is 29.0 Å². The fourth-order valence-electron chi connectivity index (χ4n) is 4.64. The number of benzene rings is 2. The molecule has 4 rings (SSSR count). The predicted molar refractivity (Wildman–Crippen MR) is 121 cm³/mol. The molecule has 1 N–H and O–H groups in total. The van der Waals surface area contributed by atoms with Crippen LogP contribution in [0.1, 0.15) is 44.1 Å². The Morgan fingerprint density at radius 1 is 1.03 bits per heavy atom. The number of rotatable bonds is 5. The number of amides is 2. The largest absolute Gasteiger partial charge is 0.493 e. The van der Waals surface area contributed by atoms with E-state index in [9.17, 15) is 14.4 Å². The standard InChI is InChI=1S/C25H26N2O5/c1-15(28)26-16-10-12-17(13-11-16)27-20-7-5-8-21(29)24(20)19(14-23(27)30)18-6-4-9-22(31-2)25(18)32-3/h4,6,9-13,19H,5,7-8,14H2,1-3H3,(H,26,28). The molecular weight excluding hydrogens is 408 g/mol. The third-order valence-electron chi connectivity index (χ3n) is 5.93. The monoisotopic (exact) mass is 434 g/mol. The van der Waals surface area contributed by atoms with Crippen molar-refractivity contribution in [1.82, 2.24) is 0 Å². The van der Waals surface area contributed by atoms with Crippen molar-refractivity contribution in [2.75, 3.05) is 24.4 Å². The van der Waals surface area contributed by atoms with Crippen LogP contribution in [0.5, 0.6) is 11.5 Å². The second-order valence-corrected chi connectivity index (χ2v) is 7.93. The van der Waals surface area contributed by atoms with Gasteiger partial charge in [0.2, 0.25) is 11.8 Å². The van der Waals surface area contributed by atoms with Gasteiger partial charge < -0.3 is 14.8 Å². The number of methoxy groups -OCH3 is 2. The Hall–Kier alpha value is -3.61. The van der Waals surface area contributed by atoms with E-state index >= 15 is 0 Å². The number of carbonyl (C=O) groups excluding carboxylic acids is 3. The molecule has 0 saturated carbocycles. The average Bonchev–Trinajstić information content (AvgIpc) is 2.78. The van der Waals surface area contributed by atoms with Crippen molar-refractivity contribution in [3.63, 3.8) is 0 Å². The second kappa shape index (κ2) is 8.86. The molecule has 2 amide bonds. The quantitative estimate of drug-likeness (QED) is 0.763. The lowest BCUT2D eigenvalue weighted by molar-refractivity contribution is -0.120. The van der Waals surface area contributed by atoms with E-state index in [-0.39, 0.29) is 29.9 Å². The highest BCUT2D eigenvalue weighted by atomic mass is 16.5. The molecule has 7 heteroatoms. The third-order valence-corrected chi connectivity index (χ3v) is 5.93. The lowest BCUT2D eigenvalue weighted by Crippen LogP contribution is -2.40. The van der Waals surface area contributed by atoms with E-state index in [1.807, 2.05) is 12.1 Å². The summed E-state index contributed by atoms with van der Waals surface area (Å²) in [7, 11) is 3.13. The summed E-state index contributed by atoms with van der Waals surface area (Å²) in [6.45, 7) is 1.44. The number of hydrogen-bond donors (Lipinski definition) is 1. The van der Waals surface area contributed by atoms with Crippen LogP contribution >= 0.6 is 0 Å². The first-order valence-electron chi connectivity index (χ1n) is 10.6. The van der Waals surface area contributed by atoms with Crippen molar-refractivity contribution in [2.24, 2.45) is 0 Å². The van der Waals surface area contributed by atoms with Crippen LogP contribution in [0.25, 0.3) is 0 Å². The number of ether oxygens (including phenoxy) is 2. The molecule has 0 aromatic heterocycles. The molecule has 1 heterocycles. The second-order valence-electron chi connectivity index (χ2n) is 7.93. The van der Waals surface area contributed by atoms with Gasteiger partial charge in [-0.05, 0) is 43.2 Å². The Kier molecular flexibility index (Phi) is 5.99. The van der Waals surface area contributed by atoms with Crippen molar-refractivity contribution in [1.29, 1.82) is 0 Å². The predicted octanol–water partition coefficient (Wildman–Crippen LogP) is 4.19. The Balaban J connectivity index is 1.81. The van der Waals surface area contributed by atoms with Crippen LogP contribution in [0.4, 0.5) is 11.4 Å². The fraction of sp³-hybridized carbons (Fsp3) is 0.320. The highest BCUT2D eigenvalue weighted by Gasteiger charge is 2.41. The SMILES string of the molecule is COc1cccc(C2CC(=O)N(c3ccc(NC(C)=O)cc3)C3=C2C(=O)CCC3)c1OC. The van der Waals surface area contributed by atoms with Crippen LogP contribution in [0.3, 0.4) is 0 Å². The Morgan fingerprint density at radius 2 is 1.78 bits per heavy atom. The summed E-state index contributed by atoms with van der Waals surface area (Å²) in [6.07, 6.45) is 1.96. The number of Topliss-reactive ketones (excluding diaryl/α,β-unsaturated/α-hetero) is 1. The topological polar surface area (TPSA) is 84.9 Å². The highest BCUT2D eigenvalue weighted by Crippen LogP contribution is 2.47. The van der Waals surface area contributed by atoms with Crippen LogP contribution in [0.2, 0.25) is 0 Å². The number of nitrogens with one attached hydrogen (secondary N) is 1. The number of nitrogens with zero attached hydrogens (tertiary/aromatic N) is 1. The van der Waals surface area contributed by atoms with Gasteiger partial charge in [0.1, 0.15) is 0 Å². The van der Waals surface area contributed by atoms with E-state index in [0.717, 1.165) is 11.3 Å². The zero-order valence-corrected chi connectivity index (χ0v) is 18.4. The molecule has 32 heavy (non-hydrogen) atoms. The lowest BCUT2D eigenvalue weighted by Gasteiger charge is -2.38. The minimum absolute atomic E-state index is 0.0634. The van der Waals surface area contributed by atoms with Crippen LogP contribution in [-0.2, 0) is 14.4 Å². The van der Waals surface area contributed by atoms with Crippen LogP contribution in [0, 0.1) is 0 Å². The van der Waals surface area contributed by atoms with Crippen molar-refractivity contribution in [3.05, 3.63) is 59.3 Å². The number of carbonyl (C=O) groups is 3. The van der Waals surface area contributed by atoms with Gasteiger partial charge in [-0.1, -0.05) is 12.1 Å². The number of ketones is 1. The van der Waals surface area contributed by atoms with Gasteiger partial charge in [0, 0.05) is 53.9 Å². The maximum atomic E-state index is 13.4. The fourth-order valence-corrected chi connectivity index (χ4v) is 4.64. The summed E-state index contributed by atoms with van der Waals surface area (Å²) in [5.74, 6) is 0.550. The molecule has 0 saturated heterocycles. The zero-order chi connectivity index (χ0) is 22.8. The summed E-state index contributed by atoms with van der Waals surface area (Å²) in [6, 6.07) is 12.6. The number of hydrogen-bond acceptors (Lipinski definition) is 5. The van der Waals surface area contributed by atoms with E-state index < -0.39 is 0 Å². The summed E-state index contributed by atoms with van der Waals surface area (Å²) >= 11 is 0. The Morgan fingerprint density at radius 3 is 2.44 bits per heavy atom. The first kappa shape index (κ1) is 21.6. The van der Waals surface area contributed by atoms with Gasteiger partial charge in [-0.15, -0.1) is 0 Å². The molecule has 1 aliphatic heterocycles. The van der Waals surface area contributed by atoms with Crippen LogP contribution in [0.15, 0.2) is 53.7 Å². The number of anilines is 2. The molecule has 1 atom stereocenters. The summed E-state index contributed by atoms with van der Waals surface area (Å²) < 4.78 is 11.0. The van der Waals surface area contributed by atoms with Gasteiger partial charge in [-0.25, -0.2) is 0 Å². The minimum atomic E-state index is -0.384. The molecule has 2 aromatic carbocycles. The first-order valence-corrected chi connectivity index (χ1v) is 10.6. The zero-order valence-electron chi connectivity index (χ0n) is 18.4. The number of para-hydroxylation sites is 1. The van der Waals surface area contributed by atoms with Gasteiger partial charge in [0.25, 0.3) is 0 Å². The molecular formula is C25H26N2O5. The molecule has 1 aliphatic carbocycles. The molecule has 0 bridgehead atoms. The number of allylic oxidation sites excluding steroid dienone is 2. The van der Waals surface area contributed by atoms with Gasteiger partial charge in [-0.3, -0.25) is 19.3 Å². The van der Waals surface area contributed by atoms with E-state index in [1.165, 1.54) is 6.92 Å². The summed E-state index contributed by atoms with van der Waals surface area (Å²) in [4.78, 5) is 39.5. The average molecular weight is 434 g/mol. The molecule has 7 nitrogen and oxygen atoms in total. The lowest BCUT2D eigenvalue weighted by atomic mass is 9.76. The molecule has 0 fully saturated rings. The van der Waals surface area contributed by atoms with Crippen molar-refractivity contribution in [2.45, 2.75) is 38.5 Å². The van der Waals surface area contributed by atoms with E-state index in [4.69, 9.17) is 9.47 Å². The molecule has 2 aliphatic rings. The normalized spacial score (nSPS) is 18.3. The smallest absolute Gasteiger partial charge is 0.232 e. The third kappa shape index (κ3) is 3.86. The molecule has 166 valence electrons. The van der Waals surface area contributed by atoms with Gasteiger partial charge >= 0.3 is 0 Å². The maximum Gasteiger partial charge on any atom is 0.232 e. The molecule has 2 aromatic rings.